The van der Waals surface area contributed by atoms with Crippen molar-refractivity contribution in [3.63, 3.8) is 0 Å². The summed E-state index contributed by atoms with van der Waals surface area (Å²) in [7, 11) is 0. The Bertz CT molecular complexity index is 1460. The van der Waals surface area contributed by atoms with Crippen molar-refractivity contribution in [2.75, 3.05) is 0 Å². The summed E-state index contributed by atoms with van der Waals surface area (Å²) in [6.45, 7) is 13.1. The van der Waals surface area contributed by atoms with Crippen LogP contribution in [0.2, 0.25) is 0 Å². The maximum atomic E-state index is 6.69. The monoisotopic (exact) mass is 658 g/mol. The molecule has 16 atom stereocenters. The Kier molecular flexibility index (Phi) is 7.50. The van der Waals surface area contributed by atoms with Gasteiger partial charge in [-0.2, -0.15) is 0 Å². The summed E-state index contributed by atoms with van der Waals surface area (Å²) in [5.41, 5.74) is 0.666. The second-order valence-corrected chi connectivity index (χ2v) is 16.8. The topological polar surface area (TPSA) is 73.8 Å². The third kappa shape index (κ3) is 4.67. The van der Waals surface area contributed by atoms with Gasteiger partial charge in [0, 0.05) is 35.8 Å². The van der Waals surface area contributed by atoms with Crippen LogP contribution in [0, 0.1) is 71.0 Å². The Morgan fingerprint density at radius 3 is 1.50 bits per heavy atom. The first-order chi connectivity index (χ1) is 23.0. The molecule has 2 saturated carbocycles. The quantitative estimate of drug-likeness (QED) is 0.221. The van der Waals surface area contributed by atoms with Crippen LogP contribution in [0.25, 0.3) is 0 Å². The minimum absolute atomic E-state index is 0.176. The number of ether oxygens (including phenoxy) is 4. The van der Waals surface area contributed by atoms with E-state index in [9.17, 15) is 0 Å². The zero-order valence-electron chi connectivity index (χ0n) is 29.2. The molecule has 258 valence electrons. The average Bonchev–Trinajstić information content (AvgIpc) is 3.45. The summed E-state index contributed by atoms with van der Waals surface area (Å²) in [5, 5.41) is 0. The van der Waals surface area contributed by atoms with Crippen molar-refractivity contribution in [3.8, 4) is 23.7 Å². The highest BCUT2D eigenvalue weighted by molar-refractivity contribution is 5.44. The zero-order chi connectivity index (χ0) is 33.1. The lowest BCUT2D eigenvalue weighted by molar-refractivity contribution is -0.569. The van der Waals surface area contributed by atoms with Crippen molar-refractivity contribution in [1.82, 2.24) is 0 Å². The fourth-order valence-corrected chi connectivity index (χ4v) is 11.1. The summed E-state index contributed by atoms with van der Waals surface area (Å²) in [6, 6.07) is 8.15. The minimum Gasteiger partial charge on any atom is -0.333 e. The van der Waals surface area contributed by atoms with Crippen molar-refractivity contribution in [2.45, 2.75) is 140 Å². The molecule has 8 saturated heterocycles. The van der Waals surface area contributed by atoms with Gasteiger partial charge >= 0.3 is 0 Å². The van der Waals surface area contributed by atoms with Crippen molar-refractivity contribution in [2.24, 2.45) is 47.3 Å². The molecule has 0 amide bonds. The lowest BCUT2D eigenvalue weighted by atomic mass is 9.57. The van der Waals surface area contributed by atoms with Gasteiger partial charge in [0.1, 0.15) is 12.2 Å². The minimum atomic E-state index is -0.791. The van der Waals surface area contributed by atoms with E-state index in [4.69, 9.17) is 38.5 Å². The number of rotatable bonds is 0. The van der Waals surface area contributed by atoms with E-state index in [1.54, 1.807) is 0 Å². The Balaban J connectivity index is 0.950. The smallest absolute Gasteiger partial charge is 0.201 e. The molecule has 2 spiro atoms. The summed E-state index contributed by atoms with van der Waals surface area (Å²) in [5.74, 6) is 14.8. The van der Waals surface area contributed by atoms with Crippen molar-refractivity contribution >= 4 is 0 Å². The molecule has 8 nitrogen and oxygen atoms in total. The van der Waals surface area contributed by atoms with Gasteiger partial charge in [-0.25, -0.2) is 19.6 Å². The molecular weight excluding hydrogens is 608 g/mol. The molecule has 10 fully saturated rings. The van der Waals surface area contributed by atoms with Crippen LogP contribution in [0.1, 0.15) is 104 Å². The first kappa shape index (κ1) is 32.0. The molecule has 11 rings (SSSR count). The SMILES string of the molecule is C[C@H]1[C@@H](C#Cc2cccc(C#C[C@H]3O[C@@H]4O[C@]5(C)CC[C@H]6[C@H](C)CC[C@@H]([C@H]3C)[C@@]46OO5)c2)O[C@@H]2O[C@]3(C)CC[C@H]4[C@H](C)CC[C@@H]1[C@@]24OO3. The summed E-state index contributed by atoms with van der Waals surface area (Å²) >= 11 is 0. The second kappa shape index (κ2) is 11.3. The lowest BCUT2D eigenvalue weighted by Crippen LogP contribution is -2.70. The maximum absolute atomic E-state index is 6.69. The van der Waals surface area contributed by atoms with Crippen LogP contribution in [-0.4, -0.2) is 47.6 Å². The van der Waals surface area contributed by atoms with Crippen LogP contribution in [0.15, 0.2) is 24.3 Å². The molecule has 0 radical (unpaired) electrons. The van der Waals surface area contributed by atoms with Gasteiger partial charge in [-0.05, 0) is 106 Å². The van der Waals surface area contributed by atoms with E-state index in [2.05, 4.69) is 57.4 Å². The normalized spacial score (nSPS) is 53.1. The standard InChI is InChI=1S/C40H50O8/c1-23-10-14-31-25(3)33(41-35-39(31)29(23)18-20-37(5,43-35)45-47-39)16-12-27-8-7-9-28(22-27)13-17-34-26(4)32-15-11-24(2)30-19-21-38(6)44-36(42-34)40(30,32)48-46-38/h7-9,22-26,29-36H,10-11,14-15,18-21H2,1-6H3/t23-,24-,25-,26-,29+,30+,31+,32+,33-,34-,35-,36-,37+,38+,39-,40-/m1/s1. The van der Waals surface area contributed by atoms with E-state index < -0.39 is 35.4 Å². The Morgan fingerprint density at radius 1 is 0.583 bits per heavy atom. The van der Waals surface area contributed by atoms with Crippen LogP contribution in [-0.2, 0) is 38.5 Å². The van der Waals surface area contributed by atoms with Gasteiger partial charge in [0.25, 0.3) is 0 Å². The van der Waals surface area contributed by atoms with Gasteiger partial charge in [0.15, 0.2) is 23.8 Å². The molecule has 8 heterocycles. The van der Waals surface area contributed by atoms with E-state index in [1.165, 1.54) is 12.8 Å². The van der Waals surface area contributed by atoms with Gasteiger partial charge in [-0.1, -0.05) is 57.4 Å². The highest BCUT2D eigenvalue weighted by Crippen LogP contribution is 2.62. The predicted octanol–water partition coefficient (Wildman–Crippen LogP) is 6.89. The third-order valence-corrected chi connectivity index (χ3v) is 13.9. The second-order valence-electron chi connectivity index (χ2n) is 16.8. The first-order valence-electron chi connectivity index (χ1n) is 18.6. The number of fused-ring (bicyclic) bond motifs is 4. The molecule has 0 aromatic heterocycles. The van der Waals surface area contributed by atoms with Gasteiger partial charge in [-0.15, -0.1) is 0 Å². The van der Waals surface area contributed by atoms with Crippen LogP contribution in [0.4, 0.5) is 0 Å². The predicted molar refractivity (Wildman–Crippen MR) is 174 cm³/mol. The Labute approximate surface area is 285 Å². The number of hydrogen-bond acceptors (Lipinski definition) is 8. The van der Waals surface area contributed by atoms with E-state index in [1.807, 2.05) is 32.0 Å². The van der Waals surface area contributed by atoms with Crippen LogP contribution in [0.3, 0.4) is 0 Å². The summed E-state index contributed by atoms with van der Waals surface area (Å²) in [4.78, 5) is 24.6. The Morgan fingerprint density at radius 2 is 1.04 bits per heavy atom. The Hall–Kier alpha value is -1.98. The van der Waals surface area contributed by atoms with Gasteiger partial charge < -0.3 is 18.9 Å². The van der Waals surface area contributed by atoms with Gasteiger partial charge in [0.05, 0.1) is 0 Å². The highest BCUT2D eigenvalue weighted by atomic mass is 17.3. The molecule has 0 unspecified atom stereocenters. The van der Waals surface area contributed by atoms with Crippen LogP contribution >= 0.6 is 0 Å². The van der Waals surface area contributed by atoms with E-state index in [-0.39, 0.29) is 35.9 Å². The fraction of sp³-hybridized carbons (Fsp3) is 0.750. The van der Waals surface area contributed by atoms with Crippen LogP contribution in [0.5, 0.6) is 0 Å². The highest BCUT2D eigenvalue weighted by Gasteiger charge is 2.70. The molecule has 8 heteroatoms. The van der Waals surface area contributed by atoms with Crippen molar-refractivity contribution in [1.29, 1.82) is 0 Å². The molecule has 10 aliphatic rings. The van der Waals surface area contributed by atoms with Crippen LogP contribution < -0.4 is 0 Å². The van der Waals surface area contributed by atoms with Crippen molar-refractivity contribution in [3.05, 3.63) is 35.4 Å². The number of hydrogen-bond donors (Lipinski definition) is 0. The van der Waals surface area contributed by atoms with Crippen molar-refractivity contribution < 1.29 is 38.5 Å². The number of benzene rings is 1. The molecule has 0 N–H and O–H groups in total. The molecule has 4 bridgehead atoms. The first-order valence-corrected chi connectivity index (χ1v) is 18.6. The molecule has 1 aromatic carbocycles. The molecule has 8 aliphatic heterocycles. The van der Waals surface area contributed by atoms with Gasteiger partial charge in [0.2, 0.25) is 11.6 Å². The molecule has 48 heavy (non-hydrogen) atoms. The molecular formula is C40H50O8. The van der Waals surface area contributed by atoms with Gasteiger partial charge in [-0.3, -0.25) is 0 Å². The zero-order valence-corrected chi connectivity index (χ0v) is 29.2. The maximum Gasteiger partial charge on any atom is 0.201 e. The summed E-state index contributed by atoms with van der Waals surface area (Å²) < 4.78 is 26.4. The molecule has 2 aliphatic carbocycles. The van der Waals surface area contributed by atoms with E-state index >= 15 is 0 Å². The average molecular weight is 659 g/mol. The fourth-order valence-electron chi connectivity index (χ4n) is 11.1. The van der Waals surface area contributed by atoms with E-state index in [0.717, 1.165) is 49.7 Å². The largest absolute Gasteiger partial charge is 0.333 e. The summed E-state index contributed by atoms with van der Waals surface area (Å²) in [6.07, 6.45) is 6.58. The van der Waals surface area contributed by atoms with E-state index in [0.29, 0.717) is 23.7 Å². The lowest BCUT2D eigenvalue weighted by Gasteiger charge is -2.59. The third-order valence-electron chi connectivity index (χ3n) is 13.9. The molecule has 1 aromatic rings.